The van der Waals surface area contributed by atoms with Crippen LogP contribution in [0, 0.1) is 5.41 Å². The summed E-state index contributed by atoms with van der Waals surface area (Å²) in [4.78, 5) is 2.66. The van der Waals surface area contributed by atoms with Crippen molar-refractivity contribution in [3.8, 4) is 0 Å². The number of nitrogens with zero attached hydrogens (tertiary/aromatic N) is 1. The minimum atomic E-state index is 0.480. The van der Waals surface area contributed by atoms with E-state index in [2.05, 4.69) is 31.0 Å². The van der Waals surface area contributed by atoms with Gasteiger partial charge in [0.2, 0.25) is 0 Å². The van der Waals surface area contributed by atoms with Gasteiger partial charge < -0.3 is 10.2 Å². The van der Waals surface area contributed by atoms with Crippen molar-refractivity contribution in [3.05, 3.63) is 0 Å². The first kappa shape index (κ1) is 14.0. The van der Waals surface area contributed by atoms with Crippen LogP contribution in [-0.2, 0) is 0 Å². The molecule has 96 valence electrons. The van der Waals surface area contributed by atoms with E-state index < -0.39 is 0 Å². The van der Waals surface area contributed by atoms with Crippen LogP contribution in [0.2, 0.25) is 0 Å². The molecule has 1 heterocycles. The molecule has 0 aromatic carbocycles. The molecule has 1 aliphatic rings. The maximum absolute atomic E-state index is 3.61. The predicted octanol–water partition coefficient (Wildman–Crippen LogP) is 2.89. The van der Waals surface area contributed by atoms with Crippen molar-refractivity contribution < 1.29 is 0 Å². The number of rotatable bonds is 8. The molecule has 1 rings (SSSR count). The minimum absolute atomic E-state index is 0.480. The topological polar surface area (TPSA) is 15.3 Å². The molecule has 0 aliphatic carbocycles. The Bertz CT molecular complexity index is 176. The third-order valence-corrected chi connectivity index (χ3v) is 3.64. The lowest BCUT2D eigenvalue weighted by molar-refractivity contribution is 0.173. The summed E-state index contributed by atoms with van der Waals surface area (Å²) in [5.41, 5.74) is 0.480. The normalized spacial score (nSPS) is 21.2. The number of nitrogens with one attached hydrogen (secondary N) is 1. The Labute approximate surface area is 102 Å². The Kier molecular flexibility index (Phi) is 6.37. The third-order valence-electron chi connectivity index (χ3n) is 3.64. The smallest absolute Gasteiger partial charge is 0.00475 e. The van der Waals surface area contributed by atoms with Crippen LogP contribution in [0.15, 0.2) is 0 Å². The quantitative estimate of drug-likeness (QED) is 0.640. The highest BCUT2D eigenvalue weighted by molar-refractivity contribution is 4.82. The average Bonchev–Trinajstić information content (AvgIpc) is 2.71. The summed E-state index contributed by atoms with van der Waals surface area (Å²) in [7, 11) is 0. The zero-order chi connectivity index (χ0) is 11.9. The van der Waals surface area contributed by atoms with Gasteiger partial charge in [0.25, 0.3) is 0 Å². The molecule has 1 fully saturated rings. The van der Waals surface area contributed by atoms with Crippen molar-refractivity contribution in [1.29, 1.82) is 0 Å². The molecular weight excluding hydrogens is 196 g/mol. The molecule has 1 atom stereocenters. The molecule has 16 heavy (non-hydrogen) atoms. The van der Waals surface area contributed by atoms with E-state index in [1.165, 1.54) is 64.8 Å². The summed E-state index contributed by atoms with van der Waals surface area (Å²) in [6, 6.07) is 0. The van der Waals surface area contributed by atoms with Crippen LogP contribution in [0.1, 0.15) is 52.9 Å². The highest BCUT2D eigenvalue weighted by Gasteiger charge is 2.27. The maximum atomic E-state index is 3.61. The molecule has 2 heteroatoms. The first-order chi connectivity index (χ1) is 7.70. The van der Waals surface area contributed by atoms with E-state index in [1.54, 1.807) is 0 Å². The van der Waals surface area contributed by atoms with Crippen LogP contribution in [0.5, 0.6) is 0 Å². The van der Waals surface area contributed by atoms with Crippen molar-refractivity contribution in [2.45, 2.75) is 52.9 Å². The second kappa shape index (κ2) is 7.29. The van der Waals surface area contributed by atoms with E-state index in [1.807, 2.05) is 0 Å². The largest absolute Gasteiger partial charge is 0.316 e. The summed E-state index contributed by atoms with van der Waals surface area (Å²) in [6.45, 7) is 13.3. The molecule has 1 unspecified atom stereocenters. The van der Waals surface area contributed by atoms with Gasteiger partial charge in [0, 0.05) is 13.1 Å². The van der Waals surface area contributed by atoms with Crippen molar-refractivity contribution in [1.82, 2.24) is 10.2 Å². The fraction of sp³-hybridized carbons (Fsp3) is 1.00. The Morgan fingerprint density at radius 3 is 2.38 bits per heavy atom. The molecule has 1 N–H and O–H groups in total. The van der Waals surface area contributed by atoms with Crippen LogP contribution < -0.4 is 5.32 Å². The zero-order valence-corrected chi connectivity index (χ0v) is 11.5. The third kappa shape index (κ3) is 4.84. The van der Waals surface area contributed by atoms with Crippen molar-refractivity contribution in [3.63, 3.8) is 0 Å². The fourth-order valence-electron chi connectivity index (χ4n) is 2.87. The van der Waals surface area contributed by atoms with Gasteiger partial charge >= 0.3 is 0 Å². The van der Waals surface area contributed by atoms with Gasteiger partial charge in [-0.3, -0.25) is 0 Å². The molecule has 2 nitrogen and oxygen atoms in total. The van der Waals surface area contributed by atoms with Crippen molar-refractivity contribution in [2.75, 3.05) is 32.7 Å². The summed E-state index contributed by atoms with van der Waals surface area (Å²) in [5, 5.41) is 3.61. The van der Waals surface area contributed by atoms with Crippen LogP contribution in [0.3, 0.4) is 0 Å². The summed E-state index contributed by atoms with van der Waals surface area (Å²) in [6.07, 6.45) is 6.71. The molecule has 0 bridgehead atoms. The van der Waals surface area contributed by atoms with Crippen molar-refractivity contribution in [2.24, 2.45) is 5.41 Å². The summed E-state index contributed by atoms with van der Waals surface area (Å²) >= 11 is 0. The lowest BCUT2D eigenvalue weighted by atomic mass is 9.85. The van der Waals surface area contributed by atoms with E-state index >= 15 is 0 Å². The van der Waals surface area contributed by atoms with Gasteiger partial charge in [-0.25, -0.2) is 0 Å². The predicted molar refractivity (Wildman–Crippen MR) is 71.8 cm³/mol. The SMILES string of the molecule is CCCNCC(C)(CCC)CN1CCCC1. The maximum Gasteiger partial charge on any atom is 0.00475 e. The Morgan fingerprint density at radius 1 is 1.12 bits per heavy atom. The second-order valence-electron chi connectivity index (χ2n) is 5.72. The van der Waals surface area contributed by atoms with Gasteiger partial charge in [0.05, 0.1) is 0 Å². The fourth-order valence-corrected chi connectivity index (χ4v) is 2.87. The summed E-state index contributed by atoms with van der Waals surface area (Å²) < 4.78 is 0. The van der Waals surface area contributed by atoms with Gasteiger partial charge in [0.1, 0.15) is 0 Å². The highest BCUT2D eigenvalue weighted by atomic mass is 15.1. The van der Waals surface area contributed by atoms with E-state index in [-0.39, 0.29) is 0 Å². The molecule has 0 amide bonds. The standard InChI is InChI=1S/C14H30N2/c1-4-8-14(3,12-15-9-5-2)13-16-10-6-7-11-16/h15H,4-13H2,1-3H3. The first-order valence-electron chi connectivity index (χ1n) is 7.13. The lowest BCUT2D eigenvalue weighted by Gasteiger charge is -2.34. The summed E-state index contributed by atoms with van der Waals surface area (Å²) in [5.74, 6) is 0. The van der Waals surface area contributed by atoms with Gasteiger partial charge in [-0.2, -0.15) is 0 Å². The van der Waals surface area contributed by atoms with Crippen LogP contribution in [0.25, 0.3) is 0 Å². The molecule has 0 aromatic heterocycles. The molecule has 0 saturated carbocycles. The monoisotopic (exact) mass is 226 g/mol. The minimum Gasteiger partial charge on any atom is -0.316 e. The van der Waals surface area contributed by atoms with Crippen LogP contribution in [-0.4, -0.2) is 37.6 Å². The zero-order valence-electron chi connectivity index (χ0n) is 11.5. The van der Waals surface area contributed by atoms with E-state index in [0.29, 0.717) is 5.41 Å². The van der Waals surface area contributed by atoms with E-state index in [0.717, 1.165) is 0 Å². The molecule has 0 spiro atoms. The lowest BCUT2D eigenvalue weighted by Crippen LogP contribution is -2.41. The Balaban J connectivity index is 2.35. The average molecular weight is 226 g/mol. The molecule has 0 aromatic rings. The second-order valence-corrected chi connectivity index (χ2v) is 5.72. The van der Waals surface area contributed by atoms with E-state index in [9.17, 15) is 0 Å². The van der Waals surface area contributed by atoms with E-state index in [4.69, 9.17) is 0 Å². The molecule has 1 saturated heterocycles. The van der Waals surface area contributed by atoms with Gasteiger partial charge in [0.15, 0.2) is 0 Å². The number of hydrogen-bond donors (Lipinski definition) is 1. The number of hydrogen-bond acceptors (Lipinski definition) is 2. The Morgan fingerprint density at radius 2 is 1.81 bits per heavy atom. The Hall–Kier alpha value is -0.0800. The van der Waals surface area contributed by atoms with Crippen molar-refractivity contribution >= 4 is 0 Å². The first-order valence-corrected chi connectivity index (χ1v) is 7.13. The van der Waals surface area contributed by atoms with Crippen LogP contribution in [0.4, 0.5) is 0 Å². The molecule has 0 radical (unpaired) electrons. The number of likely N-dealkylation sites (tertiary alicyclic amines) is 1. The van der Waals surface area contributed by atoms with Gasteiger partial charge in [-0.15, -0.1) is 0 Å². The highest BCUT2D eigenvalue weighted by Crippen LogP contribution is 2.25. The van der Waals surface area contributed by atoms with Gasteiger partial charge in [-0.05, 0) is 50.7 Å². The molecular formula is C14H30N2. The van der Waals surface area contributed by atoms with Crippen LogP contribution >= 0.6 is 0 Å². The molecule has 1 aliphatic heterocycles. The van der Waals surface area contributed by atoms with Gasteiger partial charge in [-0.1, -0.05) is 27.2 Å².